The number of benzene rings is 2. The van der Waals surface area contributed by atoms with E-state index in [0.29, 0.717) is 49.0 Å². The van der Waals surface area contributed by atoms with Crippen LogP contribution in [0.25, 0.3) is 10.1 Å². The number of thiophene rings is 1. The molecule has 2 aromatic heterocycles. The van der Waals surface area contributed by atoms with E-state index in [0.717, 1.165) is 25.7 Å². The van der Waals surface area contributed by atoms with E-state index in [1.165, 1.54) is 17.5 Å². The summed E-state index contributed by atoms with van der Waals surface area (Å²) >= 11 is 1.23. The van der Waals surface area contributed by atoms with Crippen LogP contribution in [-0.4, -0.2) is 28.8 Å². The molecule has 0 spiro atoms. The number of pyridine rings is 1. The first-order valence-electron chi connectivity index (χ1n) is 13.0. The highest BCUT2D eigenvalue weighted by Gasteiger charge is 2.49. The number of anilines is 1. The molecule has 2 aromatic carbocycles. The molecule has 2 heterocycles. The van der Waals surface area contributed by atoms with Gasteiger partial charge in [-0.1, -0.05) is 37.1 Å². The van der Waals surface area contributed by atoms with Crippen molar-refractivity contribution in [3.05, 3.63) is 82.4 Å². The number of nitrogens with two attached hydrogens (primary N) is 4. The Hall–Kier alpha value is -3.83. The van der Waals surface area contributed by atoms with E-state index in [1.54, 1.807) is 24.3 Å². The number of aromatic nitrogens is 1. The molecule has 39 heavy (non-hydrogen) atoms. The van der Waals surface area contributed by atoms with Crippen molar-refractivity contribution in [2.24, 2.45) is 17.2 Å². The highest BCUT2D eigenvalue weighted by molar-refractivity contribution is 7.21. The molecule has 9 N–H and O–H groups in total. The molecule has 4 aromatic rings. The summed E-state index contributed by atoms with van der Waals surface area (Å²) in [6, 6.07) is 14.7. The number of rotatable bonds is 5. The molecule has 1 amide bonds. The van der Waals surface area contributed by atoms with Gasteiger partial charge in [0, 0.05) is 46.5 Å². The van der Waals surface area contributed by atoms with Crippen LogP contribution in [0.1, 0.15) is 58.1 Å². The standard InChI is InChI=1S/C29H30N6O3S/c30-18-8-4-5-9-20(18)35-28(37)26-23-22-17(11-12-19(31)25(22)39-26)29(33,27(36)24(23)32)15-10-13-21(34-14-15)38-16-6-2-1-3-7-16/h1-3,6-7,10-14,18,20,24H,4-5,8-9,30-33H2,(H,35,37)/t18-,20-,24?,29?/m1/s1. The summed E-state index contributed by atoms with van der Waals surface area (Å²) in [5.74, 6) is 0.274. The number of para-hydroxylation sites is 1. The number of carbonyl (C=O) groups is 2. The van der Waals surface area contributed by atoms with E-state index in [4.69, 9.17) is 27.7 Å². The first kappa shape index (κ1) is 25.4. The zero-order chi connectivity index (χ0) is 27.3. The zero-order valence-electron chi connectivity index (χ0n) is 21.2. The fourth-order valence-corrected chi connectivity index (χ4v) is 6.91. The molecule has 200 valence electrons. The second-order valence-electron chi connectivity index (χ2n) is 10.2. The Bertz CT molecular complexity index is 1570. The molecule has 0 bridgehead atoms. The van der Waals surface area contributed by atoms with Crippen LogP contribution >= 0.6 is 11.3 Å². The molecule has 6 rings (SSSR count). The molecule has 10 heteroatoms. The average Bonchev–Trinajstić information content (AvgIpc) is 3.35. The Labute approximate surface area is 229 Å². The lowest BCUT2D eigenvalue weighted by molar-refractivity contribution is -0.124. The van der Waals surface area contributed by atoms with Gasteiger partial charge in [-0.3, -0.25) is 9.59 Å². The second kappa shape index (κ2) is 9.73. The molecule has 1 saturated carbocycles. The summed E-state index contributed by atoms with van der Waals surface area (Å²) in [6.07, 6.45) is 5.26. The molecule has 1 fully saturated rings. The van der Waals surface area contributed by atoms with Crippen LogP contribution in [0.4, 0.5) is 5.69 Å². The van der Waals surface area contributed by atoms with Crippen molar-refractivity contribution < 1.29 is 14.3 Å². The summed E-state index contributed by atoms with van der Waals surface area (Å²) in [5.41, 5.74) is 26.5. The smallest absolute Gasteiger partial charge is 0.262 e. The lowest BCUT2D eigenvalue weighted by Crippen LogP contribution is -2.53. The number of nitrogens with zero attached hydrogens (tertiary/aromatic N) is 1. The van der Waals surface area contributed by atoms with E-state index in [9.17, 15) is 9.59 Å². The fourth-order valence-electron chi connectivity index (χ4n) is 5.70. The first-order valence-corrected chi connectivity index (χ1v) is 13.8. The number of nitrogen functional groups attached to an aromatic ring is 1. The third-order valence-electron chi connectivity index (χ3n) is 7.81. The number of carbonyl (C=O) groups excluding carboxylic acids is 2. The van der Waals surface area contributed by atoms with Gasteiger partial charge in [-0.25, -0.2) is 4.98 Å². The Kier molecular flexibility index (Phi) is 6.35. The number of Topliss-reactive ketones (excluding diaryl/α,β-unsaturated/α-hetero) is 1. The fraction of sp³-hybridized carbons (Fsp3) is 0.276. The predicted octanol–water partition coefficient (Wildman–Crippen LogP) is 3.46. The minimum absolute atomic E-state index is 0.109. The van der Waals surface area contributed by atoms with Crippen molar-refractivity contribution in [1.29, 1.82) is 0 Å². The molecule has 0 radical (unpaired) electrons. The highest BCUT2D eigenvalue weighted by Crippen LogP contribution is 2.49. The van der Waals surface area contributed by atoms with E-state index < -0.39 is 17.4 Å². The zero-order valence-corrected chi connectivity index (χ0v) is 22.0. The first-order chi connectivity index (χ1) is 18.8. The van der Waals surface area contributed by atoms with E-state index in [2.05, 4.69) is 10.3 Å². The number of nitrogens with one attached hydrogen (secondary N) is 1. The Morgan fingerprint density at radius 2 is 1.82 bits per heavy atom. The molecule has 4 atom stereocenters. The Morgan fingerprint density at radius 3 is 2.54 bits per heavy atom. The van der Waals surface area contributed by atoms with Crippen molar-refractivity contribution in [3.63, 3.8) is 0 Å². The van der Waals surface area contributed by atoms with Crippen LogP contribution < -0.4 is 33.0 Å². The Morgan fingerprint density at radius 1 is 1.05 bits per heavy atom. The molecule has 0 aliphatic heterocycles. The van der Waals surface area contributed by atoms with E-state index >= 15 is 0 Å². The van der Waals surface area contributed by atoms with Crippen molar-refractivity contribution in [2.45, 2.75) is 49.3 Å². The van der Waals surface area contributed by atoms with Gasteiger partial charge in [0.05, 0.1) is 15.6 Å². The molecular formula is C29H30N6O3S. The second-order valence-corrected chi connectivity index (χ2v) is 11.3. The van der Waals surface area contributed by atoms with Gasteiger partial charge in [-0.2, -0.15) is 0 Å². The maximum absolute atomic E-state index is 13.9. The van der Waals surface area contributed by atoms with Gasteiger partial charge in [-0.05, 0) is 42.7 Å². The number of hydrogen-bond donors (Lipinski definition) is 5. The topological polar surface area (TPSA) is 172 Å². The van der Waals surface area contributed by atoms with Gasteiger partial charge in [0.2, 0.25) is 5.88 Å². The number of ether oxygens (including phenoxy) is 1. The summed E-state index contributed by atoms with van der Waals surface area (Å²) in [4.78, 5) is 32.2. The maximum atomic E-state index is 13.9. The molecular weight excluding hydrogens is 512 g/mol. The molecule has 2 unspecified atom stereocenters. The third-order valence-corrected chi connectivity index (χ3v) is 9.07. The van der Waals surface area contributed by atoms with Gasteiger partial charge in [-0.15, -0.1) is 11.3 Å². The van der Waals surface area contributed by atoms with Crippen molar-refractivity contribution in [3.8, 4) is 11.6 Å². The van der Waals surface area contributed by atoms with Crippen molar-refractivity contribution in [1.82, 2.24) is 10.3 Å². The largest absolute Gasteiger partial charge is 0.439 e. The van der Waals surface area contributed by atoms with Crippen molar-refractivity contribution >= 4 is 38.8 Å². The lowest BCUT2D eigenvalue weighted by atomic mass is 9.71. The van der Waals surface area contributed by atoms with Crippen LogP contribution in [0.15, 0.2) is 60.8 Å². The van der Waals surface area contributed by atoms with E-state index in [1.807, 2.05) is 30.3 Å². The van der Waals surface area contributed by atoms with Crippen LogP contribution in [0.2, 0.25) is 0 Å². The average molecular weight is 543 g/mol. The molecule has 2 aliphatic rings. The third kappa shape index (κ3) is 4.16. The van der Waals surface area contributed by atoms with Crippen LogP contribution in [0.5, 0.6) is 11.6 Å². The highest BCUT2D eigenvalue weighted by atomic mass is 32.1. The van der Waals surface area contributed by atoms with Gasteiger partial charge in [0.15, 0.2) is 5.78 Å². The molecule has 2 aliphatic carbocycles. The van der Waals surface area contributed by atoms with Crippen LogP contribution in [0.3, 0.4) is 0 Å². The summed E-state index contributed by atoms with van der Waals surface area (Å²) in [6.45, 7) is 0. The van der Waals surface area contributed by atoms with Gasteiger partial charge < -0.3 is 33.0 Å². The number of ketones is 1. The van der Waals surface area contributed by atoms with Gasteiger partial charge in [0.1, 0.15) is 11.3 Å². The minimum Gasteiger partial charge on any atom is -0.439 e. The van der Waals surface area contributed by atoms with Gasteiger partial charge in [0.25, 0.3) is 5.91 Å². The lowest BCUT2D eigenvalue weighted by Gasteiger charge is -2.36. The number of amides is 1. The number of hydrogen-bond acceptors (Lipinski definition) is 9. The SMILES string of the molecule is Nc1ccc2c3c(c(C(=O)N[C@@H]4CCCC[C@H]4N)sc13)C(N)C(=O)C2(N)c1ccc(Oc2ccccc2)nc1. The predicted molar refractivity (Wildman–Crippen MR) is 152 cm³/mol. The van der Waals surface area contributed by atoms with Crippen LogP contribution in [0, 0.1) is 0 Å². The molecule has 9 nitrogen and oxygen atoms in total. The summed E-state index contributed by atoms with van der Waals surface area (Å²) in [7, 11) is 0. The normalized spacial score (nSPS) is 24.5. The quantitative estimate of drug-likeness (QED) is 0.239. The monoisotopic (exact) mass is 542 g/mol. The summed E-state index contributed by atoms with van der Waals surface area (Å²) in [5, 5.41) is 3.73. The molecule has 0 saturated heterocycles. The van der Waals surface area contributed by atoms with Gasteiger partial charge >= 0.3 is 0 Å². The van der Waals surface area contributed by atoms with Crippen LogP contribution in [-0.2, 0) is 10.3 Å². The summed E-state index contributed by atoms with van der Waals surface area (Å²) < 4.78 is 6.48. The van der Waals surface area contributed by atoms with E-state index in [-0.39, 0.29) is 18.0 Å². The maximum Gasteiger partial charge on any atom is 0.262 e. The Balaban J connectivity index is 1.41. The minimum atomic E-state index is -1.59. The van der Waals surface area contributed by atoms with Crippen molar-refractivity contribution in [2.75, 3.05) is 5.73 Å².